The predicted octanol–water partition coefficient (Wildman–Crippen LogP) is 3.84. The van der Waals surface area contributed by atoms with Gasteiger partial charge in [0.1, 0.15) is 6.61 Å². The molecule has 0 aliphatic carbocycles. The number of nitrogens with two attached hydrogens (primary N) is 1. The first-order valence-corrected chi connectivity index (χ1v) is 9.35. The molecule has 26 heavy (non-hydrogen) atoms. The minimum Gasteiger partial charge on any atom is -0.493 e. The molecule has 0 unspecified atom stereocenters. The number of methoxy groups -OCH3 is 1. The number of carbonyl (C=O) groups is 1. The normalized spacial score (nSPS) is 10.1. The molecule has 0 saturated heterocycles. The Balaban J connectivity index is 0.00000338. The Hall–Kier alpha value is -1.76. The second-order valence-electron chi connectivity index (χ2n) is 5.65. The Morgan fingerprint density at radius 2 is 2.08 bits per heavy atom. The number of carbonyl (C=O) groups excluding carboxylic acids is 1. The molecule has 0 atom stereocenters. The summed E-state index contributed by atoms with van der Waals surface area (Å²) in [5.74, 6) is 1.52. The third-order valence-electron chi connectivity index (χ3n) is 3.88. The lowest BCUT2D eigenvalue weighted by molar-refractivity contribution is -0.131. The highest BCUT2D eigenvalue weighted by Gasteiger charge is 2.13. The summed E-state index contributed by atoms with van der Waals surface area (Å²) < 4.78 is 11.3. The molecular formula is C19H27ClN2O3S. The molecule has 2 aromatic rings. The van der Waals surface area contributed by atoms with Gasteiger partial charge >= 0.3 is 0 Å². The fourth-order valence-corrected chi connectivity index (χ4v) is 3.10. The molecular weight excluding hydrogens is 372 g/mol. The van der Waals surface area contributed by atoms with Crippen molar-refractivity contribution < 1.29 is 14.3 Å². The first-order chi connectivity index (χ1) is 12.2. The summed E-state index contributed by atoms with van der Waals surface area (Å²) in [5.41, 5.74) is 6.51. The maximum absolute atomic E-state index is 12.2. The lowest BCUT2D eigenvalue weighted by Gasteiger charge is -2.21. The molecule has 0 aliphatic rings. The van der Waals surface area contributed by atoms with Crippen LogP contribution in [-0.4, -0.2) is 31.0 Å². The smallest absolute Gasteiger partial charge is 0.222 e. The summed E-state index contributed by atoms with van der Waals surface area (Å²) in [6, 6.07) is 9.86. The summed E-state index contributed by atoms with van der Waals surface area (Å²) in [4.78, 5) is 15.2. The Kier molecular flexibility index (Phi) is 10.1. The second-order valence-corrected chi connectivity index (χ2v) is 6.69. The van der Waals surface area contributed by atoms with Crippen molar-refractivity contribution in [2.24, 2.45) is 5.73 Å². The molecule has 2 N–H and O–H groups in total. The average molecular weight is 399 g/mol. The third-order valence-corrected chi connectivity index (χ3v) is 4.73. The number of ether oxygens (including phenoxy) is 2. The molecule has 1 aromatic heterocycles. The zero-order valence-corrected chi connectivity index (χ0v) is 16.9. The van der Waals surface area contributed by atoms with Crippen molar-refractivity contribution >= 4 is 29.7 Å². The van der Waals surface area contributed by atoms with Gasteiger partial charge in [0, 0.05) is 24.4 Å². The van der Waals surface area contributed by atoms with Crippen LogP contribution in [0, 0.1) is 0 Å². The van der Waals surface area contributed by atoms with Crippen molar-refractivity contribution in [3.8, 4) is 11.5 Å². The van der Waals surface area contributed by atoms with Crippen molar-refractivity contribution in [1.82, 2.24) is 4.90 Å². The van der Waals surface area contributed by atoms with Crippen LogP contribution in [0.4, 0.5) is 0 Å². The van der Waals surface area contributed by atoms with E-state index in [2.05, 4.69) is 0 Å². The van der Waals surface area contributed by atoms with Crippen LogP contribution in [0.2, 0.25) is 0 Å². The van der Waals surface area contributed by atoms with Crippen molar-refractivity contribution in [2.45, 2.75) is 32.9 Å². The first kappa shape index (κ1) is 22.3. The molecule has 7 heteroatoms. The SMILES string of the molecule is CCN(Cc1ccc(OCc2cccs2)c(OC)c1)C(=O)CCCN.Cl. The van der Waals surface area contributed by atoms with Gasteiger partial charge in [-0.1, -0.05) is 12.1 Å². The second kappa shape index (κ2) is 11.8. The third kappa shape index (κ3) is 6.52. The van der Waals surface area contributed by atoms with Gasteiger partial charge in [-0.25, -0.2) is 0 Å². The summed E-state index contributed by atoms with van der Waals surface area (Å²) in [6.45, 7) is 4.26. The summed E-state index contributed by atoms with van der Waals surface area (Å²) >= 11 is 1.66. The number of hydrogen-bond donors (Lipinski definition) is 1. The van der Waals surface area contributed by atoms with Gasteiger partial charge in [0.05, 0.1) is 7.11 Å². The van der Waals surface area contributed by atoms with E-state index in [1.54, 1.807) is 18.4 Å². The van der Waals surface area contributed by atoms with Crippen molar-refractivity contribution in [1.29, 1.82) is 0 Å². The van der Waals surface area contributed by atoms with E-state index in [9.17, 15) is 4.79 Å². The molecule has 0 aliphatic heterocycles. The standard InChI is InChI=1S/C19H26N2O3S.ClH/c1-3-21(19(22)7-4-10-20)13-15-8-9-17(18(12-15)23-2)24-14-16-6-5-11-25-16;/h5-6,8-9,11-12H,3-4,7,10,13-14,20H2,1-2H3;1H. The molecule has 0 radical (unpaired) electrons. The molecule has 2 rings (SSSR count). The molecule has 1 aromatic carbocycles. The first-order valence-electron chi connectivity index (χ1n) is 8.47. The summed E-state index contributed by atoms with van der Waals surface area (Å²) in [5, 5.41) is 2.03. The fraction of sp³-hybridized carbons (Fsp3) is 0.421. The molecule has 0 fully saturated rings. The summed E-state index contributed by atoms with van der Waals surface area (Å²) in [6.07, 6.45) is 1.21. The van der Waals surface area contributed by atoms with Crippen LogP contribution in [0.5, 0.6) is 11.5 Å². The minimum absolute atomic E-state index is 0. The molecule has 0 saturated carbocycles. The number of rotatable bonds is 10. The molecule has 1 heterocycles. The number of nitrogens with zero attached hydrogens (tertiary/aromatic N) is 1. The monoisotopic (exact) mass is 398 g/mol. The largest absolute Gasteiger partial charge is 0.493 e. The van der Waals surface area contributed by atoms with Crippen molar-refractivity contribution in [2.75, 3.05) is 20.2 Å². The zero-order valence-electron chi connectivity index (χ0n) is 15.3. The average Bonchev–Trinajstić information content (AvgIpc) is 3.16. The predicted molar refractivity (Wildman–Crippen MR) is 108 cm³/mol. The van der Waals surface area contributed by atoms with Crippen LogP contribution in [0.25, 0.3) is 0 Å². The van der Waals surface area contributed by atoms with E-state index in [1.807, 2.05) is 47.5 Å². The Bertz CT molecular complexity index is 665. The van der Waals surface area contributed by atoms with Crippen molar-refractivity contribution in [3.05, 3.63) is 46.2 Å². The number of thiophene rings is 1. The molecule has 1 amide bonds. The van der Waals surface area contributed by atoms with Crippen LogP contribution >= 0.6 is 23.7 Å². The quantitative estimate of drug-likeness (QED) is 0.660. The molecule has 0 spiro atoms. The van der Waals surface area contributed by atoms with Gasteiger partial charge in [0.2, 0.25) is 5.91 Å². The van der Waals surface area contributed by atoms with Gasteiger partial charge in [-0.05, 0) is 49.0 Å². The van der Waals surface area contributed by atoms with Gasteiger partial charge in [0.15, 0.2) is 11.5 Å². The van der Waals surface area contributed by atoms with E-state index in [0.717, 1.165) is 10.4 Å². The van der Waals surface area contributed by atoms with Crippen molar-refractivity contribution in [3.63, 3.8) is 0 Å². The van der Waals surface area contributed by atoms with E-state index in [0.29, 0.717) is 50.6 Å². The van der Waals surface area contributed by atoms with Gasteiger partial charge in [0.25, 0.3) is 0 Å². The van der Waals surface area contributed by atoms with Gasteiger partial charge in [-0.2, -0.15) is 0 Å². The van der Waals surface area contributed by atoms with Crippen LogP contribution in [0.15, 0.2) is 35.7 Å². The number of hydrogen-bond acceptors (Lipinski definition) is 5. The molecule has 144 valence electrons. The minimum atomic E-state index is 0. The van der Waals surface area contributed by atoms with E-state index in [4.69, 9.17) is 15.2 Å². The fourth-order valence-electron chi connectivity index (χ4n) is 2.48. The maximum Gasteiger partial charge on any atom is 0.222 e. The number of benzene rings is 1. The van der Waals surface area contributed by atoms with E-state index >= 15 is 0 Å². The lowest BCUT2D eigenvalue weighted by atomic mass is 10.1. The Labute approximate surface area is 165 Å². The van der Waals surface area contributed by atoms with E-state index in [1.165, 1.54) is 0 Å². The zero-order chi connectivity index (χ0) is 18.1. The van der Waals surface area contributed by atoms with Crippen LogP contribution in [0.3, 0.4) is 0 Å². The lowest BCUT2D eigenvalue weighted by Crippen LogP contribution is -2.30. The van der Waals surface area contributed by atoms with Gasteiger partial charge in [-0.3, -0.25) is 4.79 Å². The Morgan fingerprint density at radius 1 is 1.27 bits per heavy atom. The Morgan fingerprint density at radius 3 is 2.69 bits per heavy atom. The van der Waals surface area contributed by atoms with Crippen LogP contribution < -0.4 is 15.2 Å². The number of halogens is 1. The molecule has 0 bridgehead atoms. The van der Waals surface area contributed by atoms with Gasteiger partial charge < -0.3 is 20.1 Å². The highest BCUT2D eigenvalue weighted by Crippen LogP contribution is 2.29. The molecule has 5 nitrogen and oxygen atoms in total. The van der Waals surface area contributed by atoms with Crippen LogP contribution in [0.1, 0.15) is 30.2 Å². The van der Waals surface area contributed by atoms with E-state index < -0.39 is 0 Å². The highest BCUT2D eigenvalue weighted by atomic mass is 35.5. The van der Waals surface area contributed by atoms with E-state index in [-0.39, 0.29) is 18.3 Å². The summed E-state index contributed by atoms with van der Waals surface area (Å²) in [7, 11) is 1.63. The number of amides is 1. The van der Waals surface area contributed by atoms with Crippen LogP contribution in [-0.2, 0) is 17.9 Å². The van der Waals surface area contributed by atoms with Gasteiger partial charge in [-0.15, -0.1) is 23.7 Å². The topological polar surface area (TPSA) is 64.8 Å². The maximum atomic E-state index is 12.2. The highest BCUT2D eigenvalue weighted by molar-refractivity contribution is 7.09.